The zero-order valence-electron chi connectivity index (χ0n) is 9.71. The van der Waals surface area contributed by atoms with Crippen LogP contribution >= 0.6 is 0 Å². The number of fused-ring (bicyclic) bond motifs is 1. The lowest BCUT2D eigenvalue weighted by molar-refractivity contribution is 0.668. The van der Waals surface area contributed by atoms with Crippen molar-refractivity contribution < 1.29 is 0 Å². The summed E-state index contributed by atoms with van der Waals surface area (Å²) < 4.78 is 2.09. The van der Waals surface area contributed by atoms with Gasteiger partial charge < -0.3 is 15.2 Å². The highest BCUT2D eigenvalue weighted by Gasteiger charge is 2.20. The second kappa shape index (κ2) is 4.13. The van der Waals surface area contributed by atoms with Crippen molar-refractivity contribution in [2.75, 3.05) is 23.7 Å². The van der Waals surface area contributed by atoms with Gasteiger partial charge in [0, 0.05) is 32.0 Å². The molecule has 0 radical (unpaired) electrons. The van der Waals surface area contributed by atoms with Crippen molar-refractivity contribution in [1.29, 1.82) is 0 Å². The lowest BCUT2D eigenvalue weighted by atomic mass is 10.1. The lowest BCUT2D eigenvalue weighted by Crippen LogP contribution is -2.25. The summed E-state index contributed by atoms with van der Waals surface area (Å²) in [6, 6.07) is 6.19. The van der Waals surface area contributed by atoms with Crippen molar-refractivity contribution in [2.24, 2.45) is 0 Å². The zero-order chi connectivity index (χ0) is 11.7. The molecule has 0 bridgehead atoms. The average Bonchev–Trinajstić information content (AvgIpc) is 2.95. The number of imidazole rings is 1. The lowest BCUT2D eigenvalue weighted by Gasteiger charge is -2.21. The van der Waals surface area contributed by atoms with Crippen LogP contribution in [0.1, 0.15) is 5.56 Å². The summed E-state index contributed by atoms with van der Waals surface area (Å²) >= 11 is 0. The van der Waals surface area contributed by atoms with Gasteiger partial charge in [-0.25, -0.2) is 4.98 Å². The van der Waals surface area contributed by atoms with Gasteiger partial charge in [-0.3, -0.25) is 0 Å². The first kappa shape index (κ1) is 10.2. The number of rotatable bonds is 3. The number of benzene rings is 1. The van der Waals surface area contributed by atoms with Gasteiger partial charge in [0.15, 0.2) is 0 Å². The molecule has 0 atom stereocenters. The minimum Gasteiger partial charge on any atom is -0.397 e. The molecule has 2 N–H and O–H groups in total. The van der Waals surface area contributed by atoms with Crippen molar-refractivity contribution in [1.82, 2.24) is 9.55 Å². The van der Waals surface area contributed by atoms with E-state index >= 15 is 0 Å². The summed E-state index contributed by atoms with van der Waals surface area (Å²) in [7, 11) is 0. The first-order chi connectivity index (χ1) is 8.34. The van der Waals surface area contributed by atoms with Crippen LogP contribution in [-0.4, -0.2) is 22.6 Å². The molecule has 4 nitrogen and oxygen atoms in total. The van der Waals surface area contributed by atoms with E-state index in [1.807, 2.05) is 30.9 Å². The Bertz CT molecular complexity index is 504. The topological polar surface area (TPSA) is 47.1 Å². The van der Waals surface area contributed by atoms with E-state index in [1.54, 1.807) is 0 Å². The molecular formula is C13H16N4. The summed E-state index contributed by atoms with van der Waals surface area (Å²) in [5.41, 5.74) is 9.54. The standard InChI is InChI=1S/C13H16N4/c14-12-3-1-2-11-4-6-17(13(11)12)9-8-16-7-5-15-10-16/h1-3,5,7,10H,4,6,8-9,14H2. The maximum atomic E-state index is 6.05. The van der Waals surface area contributed by atoms with Crippen LogP contribution in [0.15, 0.2) is 36.9 Å². The van der Waals surface area contributed by atoms with Crippen LogP contribution in [0.3, 0.4) is 0 Å². The number of nitrogens with two attached hydrogens (primary N) is 1. The average molecular weight is 228 g/mol. The van der Waals surface area contributed by atoms with Gasteiger partial charge >= 0.3 is 0 Å². The molecule has 17 heavy (non-hydrogen) atoms. The van der Waals surface area contributed by atoms with Gasteiger partial charge in [0.1, 0.15) is 0 Å². The fourth-order valence-electron chi connectivity index (χ4n) is 2.44. The molecule has 3 rings (SSSR count). The molecule has 0 aliphatic carbocycles. The first-order valence-corrected chi connectivity index (χ1v) is 5.92. The summed E-state index contributed by atoms with van der Waals surface area (Å²) in [6.45, 7) is 3.00. The third-order valence-electron chi connectivity index (χ3n) is 3.31. The Morgan fingerprint density at radius 2 is 2.24 bits per heavy atom. The Morgan fingerprint density at radius 1 is 1.29 bits per heavy atom. The van der Waals surface area contributed by atoms with Gasteiger partial charge in [-0.05, 0) is 18.1 Å². The van der Waals surface area contributed by atoms with Crippen molar-refractivity contribution in [2.45, 2.75) is 13.0 Å². The molecule has 0 saturated carbocycles. The number of anilines is 2. The molecule has 0 fully saturated rings. The predicted molar refractivity (Wildman–Crippen MR) is 69.0 cm³/mol. The molecule has 0 unspecified atom stereocenters. The smallest absolute Gasteiger partial charge is 0.0946 e. The van der Waals surface area contributed by atoms with E-state index in [0.29, 0.717) is 0 Å². The zero-order valence-corrected chi connectivity index (χ0v) is 9.71. The quantitative estimate of drug-likeness (QED) is 0.810. The number of para-hydroxylation sites is 1. The van der Waals surface area contributed by atoms with Crippen LogP contribution in [0.5, 0.6) is 0 Å². The highest BCUT2D eigenvalue weighted by Crippen LogP contribution is 2.33. The predicted octanol–water partition coefficient (Wildman–Crippen LogP) is 1.53. The SMILES string of the molecule is Nc1cccc2c1N(CCn1ccnc1)CC2. The third kappa shape index (κ3) is 1.86. The fraction of sp³-hybridized carbons (Fsp3) is 0.308. The minimum atomic E-state index is 0.894. The van der Waals surface area contributed by atoms with Crippen LogP contribution in [0.25, 0.3) is 0 Å². The van der Waals surface area contributed by atoms with E-state index in [4.69, 9.17) is 5.73 Å². The van der Waals surface area contributed by atoms with Gasteiger partial charge in [-0.1, -0.05) is 12.1 Å². The van der Waals surface area contributed by atoms with Crippen molar-refractivity contribution in [3.05, 3.63) is 42.5 Å². The van der Waals surface area contributed by atoms with Gasteiger partial charge in [-0.15, -0.1) is 0 Å². The number of aromatic nitrogens is 2. The molecule has 88 valence electrons. The van der Waals surface area contributed by atoms with Gasteiger partial charge in [0.25, 0.3) is 0 Å². The molecule has 1 aliphatic rings. The molecule has 0 saturated heterocycles. The van der Waals surface area contributed by atoms with Crippen molar-refractivity contribution in [3.8, 4) is 0 Å². The molecule has 1 aromatic heterocycles. The highest BCUT2D eigenvalue weighted by atomic mass is 15.2. The largest absolute Gasteiger partial charge is 0.397 e. The number of hydrogen-bond donors (Lipinski definition) is 1. The molecule has 1 aliphatic heterocycles. The molecule has 2 heterocycles. The van der Waals surface area contributed by atoms with E-state index < -0.39 is 0 Å². The Kier molecular flexibility index (Phi) is 2.48. The van der Waals surface area contributed by atoms with Crippen LogP contribution in [0, 0.1) is 0 Å². The minimum absolute atomic E-state index is 0.894. The van der Waals surface area contributed by atoms with Crippen LogP contribution in [-0.2, 0) is 13.0 Å². The monoisotopic (exact) mass is 228 g/mol. The van der Waals surface area contributed by atoms with Crippen molar-refractivity contribution >= 4 is 11.4 Å². The summed E-state index contributed by atoms with van der Waals surface area (Å²) in [5, 5.41) is 0. The molecule has 1 aromatic carbocycles. The molecule has 0 amide bonds. The molecule has 4 heteroatoms. The second-order valence-electron chi connectivity index (χ2n) is 4.39. The Balaban J connectivity index is 1.75. The van der Waals surface area contributed by atoms with E-state index in [9.17, 15) is 0 Å². The summed E-state index contributed by atoms with van der Waals surface area (Å²) in [5.74, 6) is 0. The Labute approximate surface area is 101 Å². The third-order valence-corrected chi connectivity index (χ3v) is 3.31. The van der Waals surface area contributed by atoms with Gasteiger partial charge in [0.05, 0.1) is 17.7 Å². The van der Waals surface area contributed by atoms with Gasteiger partial charge in [-0.2, -0.15) is 0 Å². The maximum absolute atomic E-state index is 6.05. The number of hydrogen-bond acceptors (Lipinski definition) is 3. The summed E-state index contributed by atoms with van der Waals surface area (Å²) in [4.78, 5) is 6.41. The molecular weight excluding hydrogens is 212 g/mol. The Morgan fingerprint density at radius 3 is 3.06 bits per heavy atom. The van der Waals surface area contributed by atoms with E-state index in [-0.39, 0.29) is 0 Å². The fourth-order valence-corrected chi connectivity index (χ4v) is 2.44. The van der Waals surface area contributed by atoms with E-state index in [1.165, 1.54) is 11.3 Å². The summed E-state index contributed by atoms with van der Waals surface area (Å²) in [6.07, 6.45) is 6.76. The van der Waals surface area contributed by atoms with Crippen LogP contribution in [0.4, 0.5) is 11.4 Å². The molecule has 2 aromatic rings. The normalized spacial score (nSPS) is 14.0. The number of nitrogen functional groups attached to an aromatic ring is 1. The van der Waals surface area contributed by atoms with Gasteiger partial charge in [0.2, 0.25) is 0 Å². The van der Waals surface area contributed by atoms with Crippen LogP contribution in [0.2, 0.25) is 0 Å². The highest BCUT2D eigenvalue weighted by molar-refractivity contribution is 5.74. The van der Waals surface area contributed by atoms with E-state index in [2.05, 4.69) is 20.5 Å². The maximum Gasteiger partial charge on any atom is 0.0946 e. The number of nitrogens with zero attached hydrogens (tertiary/aromatic N) is 3. The van der Waals surface area contributed by atoms with Crippen LogP contribution < -0.4 is 10.6 Å². The first-order valence-electron chi connectivity index (χ1n) is 5.92. The Hall–Kier alpha value is -1.97. The second-order valence-corrected chi connectivity index (χ2v) is 4.39. The van der Waals surface area contributed by atoms with E-state index in [0.717, 1.165) is 31.7 Å². The molecule has 0 spiro atoms. The van der Waals surface area contributed by atoms with Crippen molar-refractivity contribution in [3.63, 3.8) is 0 Å².